The summed E-state index contributed by atoms with van der Waals surface area (Å²) in [5.41, 5.74) is 0.410. The number of rotatable bonds is 6. The van der Waals surface area contributed by atoms with Crippen molar-refractivity contribution in [3.63, 3.8) is 0 Å². The van der Waals surface area contributed by atoms with E-state index in [0.717, 1.165) is 25.0 Å². The van der Waals surface area contributed by atoms with Crippen LogP contribution in [0.4, 0.5) is 14.9 Å². The highest BCUT2D eigenvalue weighted by Crippen LogP contribution is 2.37. The smallest absolute Gasteiger partial charge is 0.415 e. The van der Waals surface area contributed by atoms with Crippen molar-refractivity contribution >= 4 is 29.5 Å². The van der Waals surface area contributed by atoms with E-state index in [2.05, 4.69) is 0 Å². The van der Waals surface area contributed by atoms with Crippen LogP contribution in [0.25, 0.3) is 0 Å². The molecule has 0 aliphatic carbocycles. The molecule has 2 aliphatic heterocycles. The van der Waals surface area contributed by atoms with Gasteiger partial charge in [-0.1, -0.05) is 19.4 Å². The van der Waals surface area contributed by atoms with Crippen LogP contribution in [0.1, 0.15) is 44.1 Å². The van der Waals surface area contributed by atoms with Gasteiger partial charge >= 0.3 is 12.1 Å². The highest BCUT2D eigenvalue weighted by Gasteiger charge is 2.38. The number of cyclic esters (lactones) is 1. The maximum atomic E-state index is 14.6. The van der Waals surface area contributed by atoms with Crippen molar-refractivity contribution in [1.29, 1.82) is 0 Å². The van der Waals surface area contributed by atoms with Gasteiger partial charge in [0.15, 0.2) is 0 Å². The van der Waals surface area contributed by atoms with E-state index in [1.54, 1.807) is 12.1 Å². The summed E-state index contributed by atoms with van der Waals surface area (Å²) in [6, 6.07) is 4.59. The quantitative estimate of drug-likeness (QED) is 0.586. The van der Waals surface area contributed by atoms with Gasteiger partial charge in [-0.15, -0.1) is 11.8 Å². The number of anilines is 1. The Morgan fingerprint density at radius 1 is 1.48 bits per heavy atom. The van der Waals surface area contributed by atoms with Crippen LogP contribution in [-0.2, 0) is 14.3 Å². The van der Waals surface area contributed by atoms with Gasteiger partial charge in [0.05, 0.1) is 24.3 Å². The van der Waals surface area contributed by atoms with Crippen LogP contribution in [0.3, 0.4) is 0 Å². The number of thioether (sulfide) groups is 1. The van der Waals surface area contributed by atoms with Gasteiger partial charge in [0.25, 0.3) is 0 Å². The summed E-state index contributed by atoms with van der Waals surface area (Å²) < 4.78 is 24.8. The van der Waals surface area contributed by atoms with Gasteiger partial charge in [0, 0.05) is 0 Å². The fraction of sp³-hybridized carbons (Fsp3) is 0.579. The van der Waals surface area contributed by atoms with Gasteiger partial charge in [0.2, 0.25) is 6.10 Å². The van der Waals surface area contributed by atoms with Crippen molar-refractivity contribution in [2.24, 2.45) is 0 Å². The molecule has 2 aliphatic rings. The number of amides is 1. The molecule has 0 aromatic heterocycles. The number of aliphatic hydroxyl groups is 1. The first-order chi connectivity index (χ1) is 13.0. The molecule has 1 aromatic carbocycles. The summed E-state index contributed by atoms with van der Waals surface area (Å²) in [5, 5.41) is 9.78. The van der Waals surface area contributed by atoms with Gasteiger partial charge < -0.3 is 14.6 Å². The molecule has 0 spiro atoms. The zero-order valence-electron chi connectivity index (χ0n) is 15.2. The Bertz CT molecular complexity index is 701. The van der Waals surface area contributed by atoms with E-state index < -0.39 is 29.4 Å². The number of esters is 1. The molecule has 6 nitrogen and oxygen atoms in total. The van der Waals surface area contributed by atoms with Crippen LogP contribution >= 0.6 is 11.8 Å². The van der Waals surface area contributed by atoms with Crippen LogP contribution in [0.2, 0.25) is 0 Å². The number of nitrogens with zero attached hydrogens (tertiary/aromatic N) is 1. The number of halogens is 1. The van der Waals surface area contributed by atoms with Gasteiger partial charge in [-0.3, -0.25) is 4.90 Å². The van der Waals surface area contributed by atoms with Gasteiger partial charge in [-0.05, 0) is 48.6 Å². The minimum absolute atomic E-state index is 0.00135. The van der Waals surface area contributed by atoms with Gasteiger partial charge in [-0.25, -0.2) is 14.0 Å². The number of hydrogen-bond donors (Lipinski definition) is 1. The topological polar surface area (TPSA) is 76.1 Å². The number of unbranched alkanes of at least 4 members (excludes halogenated alkanes) is 1. The zero-order valence-corrected chi connectivity index (χ0v) is 16.0. The van der Waals surface area contributed by atoms with Crippen molar-refractivity contribution < 1.29 is 28.6 Å². The van der Waals surface area contributed by atoms with Crippen molar-refractivity contribution in [2.75, 3.05) is 23.8 Å². The third-order valence-electron chi connectivity index (χ3n) is 4.82. The number of ether oxygens (including phenoxy) is 2. The standard InChI is InChI=1S/C19H24FNO5S/c1-2-3-7-25-18(23)16-11-21(19(24)26-16)13-4-5-14(15(20)10-13)12-6-8-27-17(22)9-12/h4-5,10,12,16-17,22H,2-3,6-9,11H2,1H3/t12-,16-,17-/m1/s1. The molecule has 3 atom stereocenters. The largest absolute Gasteiger partial charge is 0.463 e. The lowest BCUT2D eigenvalue weighted by Crippen LogP contribution is -2.29. The van der Waals surface area contributed by atoms with E-state index in [-0.39, 0.29) is 19.1 Å². The third kappa shape index (κ3) is 4.73. The second-order valence-corrected chi connectivity index (χ2v) is 8.04. The molecular weight excluding hydrogens is 373 g/mol. The lowest BCUT2D eigenvalue weighted by atomic mass is 9.92. The SMILES string of the molecule is CCCCOC(=O)[C@H]1CN(c2ccc([C@@H]3CCS[C@@H](O)C3)c(F)c2)C(=O)O1. The molecule has 2 fully saturated rings. The summed E-state index contributed by atoms with van der Waals surface area (Å²) >= 11 is 1.48. The fourth-order valence-corrected chi connectivity index (χ4v) is 4.34. The van der Waals surface area contributed by atoms with E-state index in [4.69, 9.17) is 9.47 Å². The van der Waals surface area contributed by atoms with Crippen LogP contribution < -0.4 is 4.90 Å². The average Bonchev–Trinajstić information content (AvgIpc) is 3.03. The van der Waals surface area contributed by atoms with E-state index in [0.29, 0.717) is 17.7 Å². The van der Waals surface area contributed by atoms with Crippen molar-refractivity contribution in [1.82, 2.24) is 0 Å². The predicted molar refractivity (Wildman–Crippen MR) is 100 cm³/mol. The number of benzene rings is 1. The second kappa shape index (κ2) is 8.93. The number of carbonyl (C=O) groups excluding carboxylic acids is 2. The number of carbonyl (C=O) groups is 2. The van der Waals surface area contributed by atoms with Gasteiger partial charge in [0.1, 0.15) is 5.82 Å². The molecule has 0 radical (unpaired) electrons. The van der Waals surface area contributed by atoms with Crippen molar-refractivity contribution in [3.05, 3.63) is 29.6 Å². The molecule has 2 heterocycles. The van der Waals surface area contributed by atoms with E-state index in [1.807, 2.05) is 6.92 Å². The average molecular weight is 397 g/mol. The zero-order chi connectivity index (χ0) is 19.4. The molecule has 148 valence electrons. The summed E-state index contributed by atoms with van der Waals surface area (Å²) in [6.45, 7) is 2.27. The normalized spacial score (nSPS) is 25.4. The van der Waals surface area contributed by atoms with E-state index in [1.165, 1.54) is 22.7 Å². The molecule has 0 bridgehead atoms. The number of hydrogen-bond acceptors (Lipinski definition) is 6. The summed E-state index contributed by atoms with van der Waals surface area (Å²) in [4.78, 5) is 25.3. The van der Waals surface area contributed by atoms with Crippen molar-refractivity contribution in [2.45, 2.75) is 50.1 Å². The first kappa shape index (κ1) is 19.9. The highest BCUT2D eigenvalue weighted by molar-refractivity contribution is 7.99. The molecule has 0 saturated carbocycles. The Morgan fingerprint density at radius 3 is 3.00 bits per heavy atom. The lowest BCUT2D eigenvalue weighted by molar-refractivity contribution is -0.151. The molecule has 27 heavy (non-hydrogen) atoms. The van der Waals surface area contributed by atoms with Gasteiger partial charge in [-0.2, -0.15) is 0 Å². The Kier molecular flexibility index (Phi) is 6.59. The van der Waals surface area contributed by atoms with Crippen LogP contribution in [0, 0.1) is 5.82 Å². The first-order valence-electron chi connectivity index (χ1n) is 9.23. The van der Waals surface area contributed by atoms with E-state index in [9.17, 15) is 19.1 Å². The third-order valence-corrected chi connectivity index (χ3v) is 5.86. The molecular formula is C19H24FNO5S. The Labute approximate surface area is 162 Å². The molecule has 8 heteroatoms. The maximum Gasteiger partial charge on any atom is 0.415 e. The fourth-order valence-electron chi connectivity index (χ4n) is 3.28. The molecule has 1 N–H and O–H groups in total. The second-order valence-electron chi connectivity index (χ2n) is 6.76. The van der Waals surface area contributed by atoms with Crippen LogP contribution in [0.15, 0.2) is 18.2 Å². The van der Waals surface area contributed by atoms with E-state index >= 15 is 0 Å². The molecule has 1 amide bonds. The Morgan fingerprint density at radius 2 is 2.30 bits per heavy atom. The lowest BCUT2D eigenvalue weighted by Gasteiger charge is -2.26. The Balaban J connectivity index is 1.66. The summed E-state index contributed by atoms with van der Waals surface area (Å²) in [6.07, 6.45) is 1.27. The van der Waals surface area contributed by atoms with Crippen molar-refractivity contribution in [3.8, 4) is 0 Å². The minimum Gasteiger partial charge on any atom is -0.463 e. The number of aliphatic hydroxyl groups excluding tert-OH is 1. The monoisotopic (exact) mass is 397 g/mol. The molecule has 0 unspecified atom stereocenters. The molecule has 1 aromatic rings. The summed E-state index contributed by atoms with van der Waals surface area (Å²) in [5.74, 6) is -0.251. The first-order valence-corrected chi connectivity index (χ1v) is 10.3. The molecule has 3 rings (SSSR count). The maximum absolute atomic E-state index is 14.6. The summed E-state index contributed by atoms with van der Waals surface area (Å²) in [7, 11) is 0. The molecule has 2 saturated heterocycles. The van der Waals surface area contributed by atoms with Crippen LogP contribution in [-0.4, -0.2) is 47.6 Å². The minimum atomic E-state index is -0.998. The predicted octanol–water partition coefficient (Wildman–Crippen LogP) is 3.42. The van der Waals surface area contributed by atoms with Crippen LogP contribution in [0.5, 0.6) is 0 Å². The Hall–Kier alpha value is -1.80. The highest BCUT2D eigenvalue weighted by atomic mass is 32.2.